The largest absolute Gasteiger partial charge is 0.327 e. The van der Waals surface area contributed by atoms with Crippen molar-refractivity contribution in [1.82, 2.24) is 0 Å². The lowest BCUT2D eigenvalue weighted by Crippen LogP contribution is -2.29. The Morgan fingerprint density at radius 3 is 2.92 bits per heavy atom. The molecule has 1 aliphatic rings. The van der Waals surface area contributed by atoms with Gasteiger partial charge >= 0.3 is 0 Å². The van der Waals surface area contributed by atoms with Crippen molar-refractivity contribution >= 4 is 0 Å². The molecule has 0 bridgehead atoms. The smallest absolute Gasteiger partial charge is 0.0730 e. The van der Waals surface area contributed by atoms with Crippen molar-refractivity contribution in [1.29, 1.82) is 5.26 Å². The van der Waals surface area contributed by atoms with E-state index < -0.39 is 0 Å². The molecule has 0 aliphatic heterocycles. The molecule has 66 valence electrons. The second kappa shape index (κ2) is 3.20. The third-order valence-corrected chi connectivity index (χ3v) is 2.61. The number of nitrogens with two attached hydrogens (primary N) is 1. The van der Waals surface area contributed by atoms with Crippen LogP contribution in [0.15, 0.2) is 24.3 Å². The van der Waals surface area contributed by atoms with Crippen molar-refractivity contribution in [2.24, 2.45) is 5.73 Å². The minimum Gasteiger partial charge on any atom is -0.327 e. The summed E-state index contributed by atoms with van der Waals surface area (Å²) < 4.78 is 0. The van der Waals surface area contributed by atoms with Gasteiger partial charge in [0.05, 0.1) is 12.0 Å². The van der Waals surface area contributed by atoms with Crippen molar-refractivity contribution in [3.05, 3.63) is 35.4 Å². The van der Waals surface area contributed by atoms with Crippen LogP contribution in [0.2, 0.25) is 0 Å². The molecule has 2 heteroatoms. The molecule has 2 nitrogen and oxygen atoms in total. The first kappa shape index (κ1) is 8.28. The Morgan fingerprint density at radius 1 is 1.38 bits per heavy atom. The summed E-state index contributed by atoms with van der Waals surface area (Å²) in [5, 5.41) is 8.95. The van der Waals surface area contributed by atoms with E-state index in [9.17, 15) is 0 Å². The molecule has 1 aliphatic carbocycles. The monoisotopic (exact) mass is 172 g/mol. The number of hydrogen-bond donors (Lipinski definition) is 1. The van der Waals surface area contributed by atoms with Gasteiger partial charge in [-0.15, -0.1) is 0 Å². The summed E-state index contributed by atoms with van der Waals surface area (Å²) in [6, 6.07) is 10.6. The first-order chi connectivity index (χ1) is 6.31. The number of rotatable bonds is 0. The maximum atomic E-state index is 8.95. The maximum absolute atomic E-state index is 8.95. The Kier molecular flexibility index (Phi) is 2.03. The fraction of sp³-hybridized carbons (Fsp3) is 0.364. The van der Waals surface area contributed by atoms with Gasteiger partial charge in [0.25, 0.3) is 0 Å². The topological polar surface area (TPSA) is 49.8 Å². The van der Waals surface area contributed by atoms with Crippen LogP contribution in [0, 0.1) is 11.3 Å². The molecule has 0 spiro atoms. The molecule has 0 unspecified atom stereocenters. The minimum atomic E-state index is -0.0000463. The van der Waals surface area contributed by atoms with E-state index >= 15 is 0 Å². The van der Waals surface area contributed by atoms with Crippen LogP contribution in [0.3, 0.4) is 0 Å². The van der Waals surface area contributed by atoms with Gasteiger partial charge in [0.2, 0.25) is 0 Å². The summed E-state index contributed by atoms with van der Waals surface area (Å²) >= 11 is 0. The molecular weight excluding hydrogens is 160 g/mol. The first-order valence-corrected chi connectivity index (χ1v) is 4.54. The minimum absolute atomic E-state index is 0.0000463. The summed E-state index contributed by atoms with van der Waals surface area (Å²) in [4.78, 5) is 0. The normalized spacial score (nSPS) is 26.2. The van der Waals surface area contributed by atoms with Crippen molar-refractivity contribution in [3.63, 3.8) is 0 Å². The SMILES string of the molecule is N#C[C@H]1C[C@@H](N)Cc2ccccc21. The fourth-order valence-electron chi connectivity index (χ4n) is 1.98. The van der Waals surface area contributed by atoms with Gasteiger partial charge in [0.1, 0.15) is 0 Å². The van der Waals surface area contributed by atoms with Crippen molar-refractivity contribution in [3.8, 4) is 6.07 Å². The van der Waals surface area contributed by atoms with Crippen LogP contribution in [0.4, 0.5) is 0 Å². The van der Waals surface area contributed by atoms with Crippen molar-refractivity contribution in [2.45, 2.75) is 24.8 Å². The predicted molar refractivity (Wildman–Crippen MR) is 51.1 cm³/mol. The highest BCUT2D eigenvalue weighted by molar-refractivity contribution is 5.37. The number of nitrogens with zero attached hydrogens (tertiary/aromatic N) is 1. The van der Waals surface area contributed by atoms with Gasteiger partial charge < -0.3 is 5.73 Å². The van der Waals surface area contributed by atoms with E-state index in [0.717, 1.165) is 12.8 Å². The third-order valence-electron chi connectivity index (χ3n) is 2.61. The summed E-state index contributed by atoms with van der Waals surface area (Å²) in [7, 11) is 0. The van der Waals surface area contributed by atoms with Gasteiger partial charge in [-0.1, -0.05) is 24.3 Å². The van der Waals surface area contributed by atoms with E-state index in [2.05, 4.69) is 12.1 Å². The number of hydrogen-bond acceptors (Lipinski definition) is 2. The van der Waals surface area contributed by atoms with Gasteiger partial charge in [-0.25, -0.2) is 0 Å². The lowest BCUT2D eigenvalue weighted by atomic mass is 9.81. The molecule has 13 heavy (non-hydrogen) atoms. The van der Waals surface area contributed by atoms with Gasteiger partial charge in [-0.3, -0.25) is 0 Å². The van der Waals surface area contributed by atoms with Gasteiger partial charge in [0.15, 0.2) is 0 Å². The van der Waals surface area contributed by atoms with E-state index in [0.29, 0.717) is 0 Å². The van der Waals surface area contributed by atoms with E-state index in [1.165, 1.54) is 11.1 Å². The van der Waals surface area contributed by atoms with Crippen LogP contribution in [-0.4, -0.2) is 6.04 Å². The molecule has 0 radical (unpaired) electrons. The average molecular weight is 172 g/mol. The molecular formula is C11H12N2. The molecule has 0 fully saturated rings. The molecule has 0 aromatic heterocycles. The zero-order chi connectivity index (χ0) is 9.26. The molecule has 2 rings (SSSR count). The summed E-state index contributed by atoms with van der Waals surface area (Å²) in [6.07, 6.45) is 1.71. The maximum Gasteiger partial charge on any atom is 0.0730 e. The summed E-state index contributed by atoms with van der Waals surface area (Å²) in [6.45, 7) is 0. The number of fused-ring (bicyclic) bond motifs is 1. The van der Waals surface area contributed by atoms with E-state index in [1.54, 1.807) is 0 Å². The highest BCUT2D eigenvalue weighted by atomic mass is 14.6. The van der Waals surface area contributed by atoms with Gasteiger partial charge in [0, 0.05) is 6.04 Å². The Bertz CT molecular complexity index is 351. The first-order valence-electron chi connectivity index (χ1n) is 4.54. The molecule has 0 heterocycles. The third kappa shape index (κ3) is 1.43. The highest BCUT2D eigenvalue weighted by Crippen LogP contribution is 2.29. The Hall–Kier alpha value is -1.33. The Morgan fingerprint density at radius 2 is 2.15 bits per heavy atom. The molecule has 0 saturated heterocycles. The van der Waals surface area contributed by atoms with E-state index in [1.807, 2.05) is 18.2 Å². The molecule has 0 amide bonds. The lowest BCUT2D eigenvalue weighted by Gasteiger charge is -2.24. The summed E-state index contributed by atoms with van der Waals surface area (Å²) in [5.41, 5.74) is 8.28. The highest BCUT2D eigenvalue weighted by Gasteiger charge is 2.23. The van der Waals surface area contributed by atoms with Crippen LogP contribution >= 0.6 is 0 Å². The van der Waals surface area contributed by atoms with Crippen LogP contribution in [0.5, 0.6) is 0 Å². The fourth-order valence-corrected chi connectivity index (χ4v) is 1.98. The standard InChI is InChI=1S/C11H12N2/c12-7-9-6-10(13)5-8-3-1-2-4-11(8)9/h1-4,9-10H,5-6,13H2/t9-,10+/m1/s1. The second-order valence-electron chi connectivity index (χ2n) is 3.58. The number of benzene rings is 1. The van der Waals surface area contributed by atoms with Crippen molar-refractivity contribution < 1.29 is 0 Å². The van der Waals surface area contributed by atoms with Crippen LogP contribution < -0.4 is 5.73 Å². The Labute approximate surface area is 78.0 Å². The van der Waals surface area contributed by atoms with E-state index in [-0.39, 0.29) is 12.0 Å². The molecule has 2 atom stereocenters. The molecule has 2 N–H and O–H groups in total. The van der Waals surface area contributed by atoms with Crippen molar-refractivity contribution in [2.75, 3.05) is 0 Å². The molecule has 0 saturated carbocycles. The van der Waals surface area contributed by atoms with E-state index in [4.69, 9.17) is 11.0 Å². The van der Waals surface area contributed by atoms with Crippen LogP contribution in [-0.2, 0) is 6.42 Å². The van der Waals surface area contributed by atoms with Crippen LogP contribution in [0.25, 0.3) is 0 Å². The van der Waals surface area contributed by atoms with Gasteiger partial charge in [-0.05, 0) is 24.0 Å². The number of nitriles is 1. The second-order valence-corrected chi connectivity index (χ2v) is 3.58. The van der Waals surface area contributed by atoms with Gasteiger partial charge in [-0.2, -0.15) is 5.26 Å². The molecule has 1 aromatic carbocycles. The molecule has 1 aromatic rings. The summed E-state index contributed by atoms with van der Waals surface area (Å²) in [5.74, 6) is -0.0000463. The Balaban J connectivity index is 2.44. The zero-order valence-electron chi connectivity index (χ0n) is 7.40. The predicted octanol–water partition coefficient (Wildman–Crippen LogP) is 1.57. The quantitative estimate of drug-likeness (QED) is 0.645. The van der Waals surface area contributed by atoms with Crippen LogP contribution in [0.1, 0.15) is 23.5 Å². The zero-order valence-corrected chi connectivity index (χ0v) is 7.40. The average Bonchev–Trinajstić information content (AvgIpc) is 2.16. The lowest BCUT2D eigenvalue weighted by molar-refractivity contribution is 0.544.